The first-order chi connectivity index (χ1) is 10.2. The molecule has 1 aromatic rings. The van der Waals surface area contributed by atoms with E-state index in [4.69, 9.17) is 5.11 Å². The summed E-state index contributed by atoms with van der Waals surface area (Å²) in [6.07, 6.45) is 6.03. The highest BCUT2D eigenvalue weighted by Crippen LogP contribution is 2.33. The number of carboxylic acids is 1. The van der Waals surface area contributed by atoms with E-state index in [0.717, 1.165) is 36.4 Å². The predicted octanol–water partition coefficient (Wildman–Crippen LogP) is 3.50. The minimum atomic E-state index is -0.751. The SMILES string of the molecule is CSc1cccc(N2CCCCC2CCC(=O)O)c1C#N. The summed E-state index contributed by atoms with van der Waals surface area (Å²) in [6.45, 7) is 0.900. The third-order valence-electron chi connectivity index (χ3n) is 3.96. The minimum Gasteiger partial charge on any atom is -0.481 e. The highest BCUT2D eigenvalue weighted by molar-refractivity contribution is 7.98. The lowest BCUT2D eigenvalue weighted by molar-refractivity contribution is -0.137. The van der Waals surface area contributed by atoms with Crippen molar-refractivity contribution >= 4 is 23.4 Å². The summed E-state index contributed by atoms with van der Waals surface area (Å²) in [5.41, 5.74) is 1.67. The van der Waals surface area contributed by atoms with Crippen LogP contribution in [0.4, 0.5) is 5.69 Å². The van der Waals surface area contributed by atoms with E-state index in [9.17, 15) is 10.1 Å². The zero-order valence-corrected chi connectivity index (χ0v) is 13.0. The van der Waals surface area contributed by atoms with Crippen molar-refractivity contribution in [3.05, 3.63) is 23.8 Å². The van der Waals surface area contributed by atoms with Crippen LogP contribution in [-0.2, 0) is 4.79 Å². The molecule has 0 amide bonds. The third-order valence-corrected chi connectivity index (χ3v) is 4.74. The number of anilines is 1. The molecule has 21 heavy (non-hydrogen) atoms. The van der Waals surface area contributed by atoms with Gasteiger partial charge in [-0.2, -0.15) is 5.26 Å². The topological polar surface area (TPSA) is 64.3 Å². The molecular formula is C16H20N2O2S. The molecule has 2 rings (SSSR count). The summed E-state index contributed by atoms with van der Waals surface area (Å²) in [4.78, 5) is 14.1. The summed E-state index contributed by atoms with van der Waals surface area (Å²) in [7, 11) is 0. The van der Waals surface area contributed by atoms with Gasteiger partial charge in [-0.3, -0.25) is 4.79 Å². The van der Waals surface area contributed by atoms with Gasteiger partial charge in [-0.25, -0.2) is 0 Å². The molecule has 1 aliphatic heterocycles. The summed E-state index contributed by atoms with van der Waals surface area (Å²) < 4.78 is 0. The van der Waals surface area contributed by atoms with Crippen molar-refractivity contribution in [1.82, 2.24) is 0 Å². The van der Waals surface area contributed by atoms with E-state index < -0.39 is 5.97 Å². The molecule has 1 atom stereocenters. The maximum atomic E-state index is 10.8. The summed E-state index contributed by atoms with van der Waals surface area (Å²) in [5, 5.41) is 18.4. The number of nitrogens with zero attached hydrogens (tertiary/aromatic N) is 2. The fourth-order valence-corrected chi connectivity index (χ4v) is 3.52. The zero-order chi connectivity index (χ0) is 15.2. The molecule has 0 saturated carbocycles. The number of carboxylic acid groups (broad SMARTS) is 1. The number of hydrogen-bond donors (Lipinski definition) is 1. The summed E-state index contributed by atoms with van der Waals surface area (Å²) in [5.74, 6) is -0.751. The van der Waals surface area contributed by atoms with Crippen LogP contribution >= 0.6 is 11.8 Å². The van der Waals surface area contributed by atoms with Crippen molar-refractivity contribution < 1.29 is 9.90 Å². The van der Waals surface area contributed by atoms with Crippen molar-refractivity contribution in [2.75, 3.05) is 17.7 Å². The van der Waals surface area contributed by atoms with Gasteiger partial charge in [0.1, 0.15) is 6.07 Å². The van der Waals surface area contributed by atoms with Crippen LogP contribution in [0, 0.1) is 11.3 Å². The minimum absolute atomic E-state index is 0.186. The Morgan fingerprint density at radius 1 is 1.52 bits per heavy atom. The zero-order valence-electron chi connectivity index (χ0n) is 12.2. The maximum absolute atomic E-state index is 10.8. The van der Waals surface area contributed by atoms with Crippen LogP contribution in [0.15, 0.2) is 23.1 Å². The Balaban J connectivity index is 2.29. The van der Waals surface area contributed by atoms with Crippen LogP contribution < -0.4 is 4.90 Å². The molecule has 5 heteroatoms. The Kier molecular flexibility index (Phi) is 5.51. The lowest BCUT2D eigenvalue weighted by Crippen LogP contribution is -2.40. The second-order valence-corrected chi connectivity index (χ2v) is 6.09. The Morgan fingerprint density at radius 2 is 2.33 bits per heavy atom. The van der Waals surface area contributed by atoms with Gasteiger partial charge in [0, 0.05) is 23.9 Å². The van der Waals surface area contributed by atoms with Crippen molar-refractivity contribution in [2.24, 2.45) is 0 Å². The first-order valence-electron chi connectivity index (χ1n) is 7.23. The van der Waals surface area contributed by atoms with E-state index in [2.05, 4.69) is 11.0 Å². The number of hydrogen-bond acceptors (Lipinski definition) is 4. The van der Waals surface area contributed by atoms with Gasteiger partial charge in [-0.15, -0.1) is 11.8 Å². The van der Waals surface area contributed by atoms with Crippen molar-refractivity contribution in [3.8, 4) is 6.07 Å². The lowest BCUT2D eigenvalue weighted by Gasteiger charge is -2.38. The van der Waals surface area contributed by atoms with Crippen LogP contribution in [-0.4, -0.2) is 29.9 Å². The molecule has 0 aliphatic carbocycles. The molecule has 0 radical (unpaired) electrons. The molecule has 0 bridgehead atoms. The quantitative estimate of drug-likeness (QED) is 0.843. The molecule has 0 spiro atoms. The fourth-order valence-electron chi connectivity index (χ4n) is 2.95. The Hall–Kier alpha value is -1.67. The second-order valence-electron chi connectivity index (χ2n) is 5.24. The molecule has 1 saturated heterocycles. The van der Waals surface area contributed by atoms with Crippen LogP contribution in [0.25, 0.3) is 0 Å². The van der Waals surface area contributed by atoms with Crippen LogP contribution in [0.3, 0.4) is 0 Å². The largest absolute Gasteiger partial charge is 0.481 e. The lowest BCUT2D eigenvalue weighted by atomic mass is 9.96. The van der Waals surface area contributed by atoms with E-state index >= 15 is 0 Å². The molecule has 4 nitrogen and oxygen atoms in total. The molecule has 1 unspecified atom stereocenters. The average Bonchev–Trinajstić information content (AvgIpc) is 2.52. The third kappa shape index (κ3) is 3.70. The summed E-state index contributed by atoms with van der Waals surface area (Å²) >= 11 is 1.57. The van der Waals surface area contributed by atoms with E-state index in [0.29, 0.717) is 12.0 Å². The Labute approximate surface area is 129 Å². The van der Waals surface area contributed by atoms with Gasteiger partial charge >= 0.3 is 5.97 Å². The smallest absolute Gasteiger partial charge is 0.303 e. The molecule has 1 N–H and O–H groups in total. The highest BCUT2D eigenvalue weighted by Gasteiger charge is 2.25. The highest BCUT2D eigenvalue weighted by atomic mass is 32.2. The van der Waals surface area contributed by atoms with Crippen LogP contribution in [0.5, 0.6) is 0 Å². The molecule has 1 fully saturated rings. The van der Waals surface area contributed by atoms with E-state index in [1.807, 2.05) is 24.5 Å². The standard InChI is InChI=1S/C16H20N2O2S/c1-21-15-7-4-6-14(13(15)11-17)18-10-3-2-5-12(18)8-9-16(19)20/h4,6-7,12H,2-3,5,8-10H2,1H3,(H,19,20). The molecule has 1 aliphatic rings. The Morgan fingerprint density at radius 3 is 3.00 bits per heavy atom. The van der Waals surface area contributed by atoms with Crippen molar-refractivity contribution in [2.45, 2.75) is 43.0 Å². The number of carbonyl (C=O) groups is 1. The first-order valence-corrected chi connectivity index (χ1v) is 8.45. The average molecular weight is 304 g/mol. The number of piperidine rings is 1. The number of rotatable bonds is 5. The van der Waals surface area contributed by atoms with E-state index in [1.54, 1.807) is 11.8 Å². The maximum Gasteiger partial charge on any atom is 0.303 e. The van der Waals surface area contributed by atoms with Crippen molar-refractivity contribution in [3.63, 3.8) is 0 Å². The Bertz CT molecular complexity index is 554. The van der Waals surface area contributed by atoms with Gasteiger partial charge in [0.2, 0.25) is 0 Å². The van der Waals surface area contributed by atoms with Crippen molar-refractivity contribution in [1.29, 1.82) is 5.26 Å². The normalized spacial score (nSPS) is 18.3. The van der Waals surface area contributed by atoms with Gasteiger partial charge in [0.25, 0.3) is 0 Å². The number of thioether (sulfide) groups is 1. The summed E-state index contributed by atoms with van der Waals surface area (Å²) in [6, 6.07) is 8.46. The fraction of sp³-hybridized carbons (Fsp3) is 0.500. The molecule has 1 aromatic carbocycles. The number of benzene rings is 1. The molecule has 1 heterocycles. The van der Waals surface area contributed by atoms with Gasteiger partial charge in [-0.1, -0.05) is 6.07 Å². The van der Waals surface area contributed by atoms with Gasteiger partial charge in [0.15, 0.2) is 0 Å². The molecule has 112 valence electrons. The van der Waals surface area contributed by atoms with Gasteiger partial charge in [0.05, 0.1) is 11.3 Å². The van der Waals surface area contributed by atoms with Crippen LogP contribution in [0.1, 0.15) is 37.7 Å². The van der Waals surface area contributed by atoms with E-state index in [-0.39, 0.29) is 12.5 Å². The number of nitriles is 1. The molecular weight excluding hydrogens is 284 g/mol. The van der Waals surface area contributed by atoms with Gasteiger partial charge < -0.3 is 10.0 Å². The second kappa shape index (κ2) is 7.37. The molecule has 0 aromatic heterocycles. The number of aliphatic carboxylic acids is 1. The predicted molar refractivity (Wildman–Crippen MR) is 84.8 cm³/mol. The van der Waals surface area contributed by atoms with Gasteiger partial charge in [-0.05, 0) is 44.1 Å². The first kappa shape index (κ1) is 15.7. The monoisotopic (exact) mass is 304 g/mol. The van der Waals surface area contributed by atoms with E-state index in [1.165, 1.54) is 0 Å². The van der Waals surface area contributed by atoms with Crippen LogP contribution in [0.2, 0.25) is 0 Å².